The molecule has 1 aromatic carbocycles. The van der Waals surface area contributed by atoms with Crippen LogP contribution in [0.15, 0.2) is 29.6 Å². The summed E-state index contributed by atoms with van der Waals surface area (Å²) in [6, 6.07) is 8.40. The van der Waals surface area contributed by atoms with E-state index in [1.165, 1.54) is 16.9 Å². The van der Waals surface area contributed by atoms with Crippen molar-refractivity contribution in [1.29, 1.82) is 0 Å². The minimum atomic E-state index is -0.863. The second-order valence-electron chi connectivity index (χ2n) is 7.59. The van der Waals surface area contributed by atoms with E-state index in [1.807, 2.05) is 5.38 Å². The van der Waals surface area contributed by atoms with Gasteiger partial charge in [-0.05, 0) is 23.8 Å². The van der Waals surface area contributed by atoms with Gasteiger partial charge in [0.25, 0.3) is 0 Å². The Bertz CT molecular complexity index is 741. The van der Waals surface area contributed by atoms with E-state index in [-0.39, 0.29) is 11.3 Å². The Morgan fingerprint density at radius 3 is 2.48 bits per heavy atom. The van der Waals surface area contributed by atoms with E-state index in [2.05, 4.69) is 55.3 Å². The van der Waals surface area contributed by atoms with E-state index in [1.54, 1.807) is 0 Å². The highest BCUT2D eigenvalue weighted by molar-refractivity contribution is 7.14. The van der Waals surface area contributed by atoms with Crippen molar-refractivity contribution >= 4 is 22.4 Å². The molecule has 134 valence electrons. The van der Waals surface area contributed by atoms with Gasteiger partial charge in [-0.3, -0.25) is 4.79 Å². The van der Waals surface area contributed by atoms with Crippen LogP contribution in [0.5, 0.6) is 0 Å². The molecule has 0 spiro atoms. The zero-order chi connectivity index (χ0) is 18.1. The number of rotatable bonds is 3. The van der Waals surface area contributed by atoms with Crippen molar-refractivity contribution in [3.05, 3.63) is 35.2 Å². The SMILES string of the molecule is CC(C)(C)c1ccc(-c2csc(NC(=O)C3(N)CCOCC3)n2)cc1. The smallest absolute Gasteiger partial charge is 0.246 e. The number of nitrogens with zero attached hydrogens (tertiary/aromatic N) is 1. The number of anilines is 1. The third-order valence-electron chi connectivity index (χ3n) is 4.61. The van der Waals surface area contributed by atoms with Gasteiger partial charge < -0.3 is 15.8 Å². The van der Waals surface area contributed by atoms with Gasteiger partial charge in [0.15, 0.2) is 5.13 Å². The molecule has 25 heavy (non-hydrogen) atoms. The minimum Gasteiger partial charge on any atom is -0.381 e. The third kappa shape index (κ3) is 4.08. The molecule has 2 aromatic rings. The van der Waals surface area contributed by atoms with Crippen LogP contribution >= 0.6 is 11.3 Å². The molecule has 3 rings (SSSR count). The quantitative estimate of drug-likeness (QED) is 0.878. The minimum absolute atomic E-state index is 0.124. The number of nitrogens with two attached hydrogens (primary N) is 1. The number of carbonyl (C=O) groups is 1. The number of aromatic nitrogens is 1. The first-order valence-corrected chi connectivity index (χ1v) is 9.40. The van der Waals surface area contributed by atoms with Crippen LogP contribution in [0, 0.1) is 0 Å². The van der Waals surface area contributed by atoms with E-state index < -0.39 is 5.54 Å². The molecule has 3 N–H and O–H groups in total. The lowest BCUT2D eigenvalue weighted by Gasteiger charge is -2.31. The summed E-state index contributed by atoms with van der Waals surface area (Å²) in [5, 5.41) is 5.40. The fourth-order valence-corrected chi connectivity index (χ4v) is 3.50. The Kier molecular flexibility index (Phi) is 4.95. The van der Waals surface area contributed by atoms with Crippen LogP contribution in [-0.4, -0.2) is 29.6 Å². The Balaban J connectivity index is 1.71. The van der Waals surface area contributed by atoms with Crippen molar-refractivity contribution in [2.75, 3.05) is 18.5 Å². The van der Waals surface area contributed by atoms with Crippen molar-refractivity contribution < 1.29 is 9.53 Å². The number of amides is 1. The summed E-state index contributed by atoms with van der Waals surface area (Å²) in [6.07, 6.45) is 1.07. The molecule has 0 aliphatic carbocycles. The molecule has 0 saturated carbocycles. The van der Waals surface area contributed by atoms with Crippen molar-refractivity contribution in [3.63, 3.8) is 0 Å². The third-order valence-corrected chi connectivity index (χ3v) is 5.37. The Labute approximate surface area is 152 Å². The number of thiazole rings is 1. The molecule has 1 fully saturated rings. The van der Waals surface area contributed by atoms with E-state index in [4.69, 9.17) is 10.5 Å². The lowest BCUT2D eigenvalue weighted by molar-refractivity contribution is -0.124. The zero-order valence-corrected chi connectivity index (χ0v) is 15.8. The first kappa shape index (κ1) is 18.0. The van der Waals surface area contributed by atoms with Gasteiger partial charge in [-0.25, -0.2) is 4.98 Å². The molecule has 1 saturated heterocycles. The normalized spacial score (nSPS) is 17.3. The van der Waals surface area contributed by atoms with Gasteiger partial charge in [-0.2, -0.15) is 0 Å². The molecule has 1 aliphatic heterocycles. The number of hydrogen-bond donors (Lipinski definition) is 2. The van der Waals surface area contributed by atoms with Crippen LogP contribution in [-0.2, 0) is 14.9 Å². The average molecular weight is 359 g/mol. The maximum atomic E-state index is 12.5. The largest absolute Gasteiger partial charge is 0.381 e. The molecule has 2 heterocycles. The van der Waals surface area contributed by atoms with E-state index in [0.29, 0.717) is 31.2 Å². The van der Waals surface area contributed by atoms with Crippen molar-refractivity contribution in [2.24, 2.45) is 5.73 Å². The maximum absolute atomic E-state index is 12.5. The van der Waals surface area contributed by atoms with Crippen molar-refractivity contribution in [3.8, 4) is 11.3 Å². The van der Waals surface area contributed by atoms with Gasteiger partial charge in [0.2, 0.25) is 5.91 Å². The van der Waals surface area contributed by atoms with E-state index in [0.717, 1.165) is 11.3 Å². The van der Waals surface area contributed by atoms with Gasteiger partial charge >= 0.3 is 0 Å². The first-order valence-electron chi connectivity index (χ1n) is 8.52. The molecule has 0 unspecified atom stereocenters. The number of carbonyl (C=O) groups excluding carboxylic acids is 1. The Hall–Kier alpha value is -1.76. The summed E-state index contributed by atoms with van der Waals surface area (Å²) in [6.45, 7) is 7.62. The summed E-state index contributed by atoms with van der Waals surface area (Å²) < 4.78 is 5.29. The van der Waals surface area contributed by atoms with Crippen LogP contribution in [0.25, 0.3) is 11.3 Å². The fourth-order valence-electron chi connectivity index (χ4n) is 2.79. The second kappa shape index (κ2) is 6.86. The van der Waals surface area contributed by atoms with E-state index in [9.17, 15) is 4.79 Å². The molecular formula is C19H25N3O2S. The topological polar surface area (TPSA) is 77.2 Å². The summed E-state index contributed by atoms with van der Waals surface area (Å²) in [5.41, 5.74) is 8.65. The average Bonchev–Trinajstić information content (AvgIpc) is 3.03. The van der Waals surface area contributed by atoms with Gasteiger partial charge in [0.1, 0.15) is 5.54 Å². The number of hydrogen-bond acceptors (Lipinski definition) is 5. The lowest BCUT2D eigenvalue weighted by Crippen LogP contribution is -2.54. The van der Waals surface area contributed by atoms with E-state index >= 15 is 0 Å². The molecule has 0 bridgehead atoms. The highest BCUT2D eigenvalue weighted by Crippen LogP contribution is 2.29. The Morgan fingerprint density at radius 1 is 1.24 bits per heavy atom. The van der Waals surface area contributed by atoms with Gasteiger partial charge in [0, 0.05) is 24.2 Å². The van der Waals surface area contributed by atoms with Gasteiger partial charge in [0.05, 0.1) is 5.69 Å². The number of ether oxygens (including phenoxy) is 1. The van der Waals surface area contributed by atoms with Crippen LogP contribution < -0.4 is 11.1 Å². The summed E-state index contributed by atoms with van der Waals surface area (Å²) in [5.74, 6) is -0.181. The fraction of sp³-hybridized carbons (Fsp3) is 0.474. The number of nitrogens with one attached hydrogen (secondary N) is 1. The summed E-state index contributed by atoms with van der Waals surface area (Å²) in [7, 11) is 0. The highest BCUT2D eigenvalue weighted by Gasteiger charge is 2.36. The van der Waals surface area contributed by atoms with Crippen molar-refractivity contribution in [1.82, 2.24) is 4.98 Å². The zero-order valence-electron chi connectivity index (χ0n) is 15.0. The monoisotopic (exact) mass is 359 g/mol. The highest BCUT2D eigenvalue weighted by atomic mass is 32.1. The molecule has 0 atom stereocenters. The summed E-state index contributed by atoms with van der Waals surface area (Å²) >= 11 is 1.42. The van der Waals surface area contributed by atoms with Crippen molar-refractivity contribution in [2.45, 2.75) is 44.6 Å². The molecule has 6 heteroatoms. The molecule has 0 radical (unpaired) electrons. The lowest BCUT2D eigenvalue weighted by atomic mass is 9.86. The molecule has 1 aliphatic rings. The Morgan fingerprint density at radius 2 is 1.88 bits per heavy atom. The van der Waals surface area contributed by atoms with Crippen LogP contribution in [0.4, 0.5) is 5.13 Å². The molecular weight excluding hydrogens is 334 g/mol. The standard InChI is InChI=1S/C19H25N3O2S/c1-18(2,3)14-6-4-13(5-7-14)15-12-25-17(21-15)22-16(23)19(20)8-10-24-11-9-19/h4-7,12H,8-11,20H2,1-3H3,(H,21,22,23). The van der Waals surface area contributed by atoms with Gasteiger partial charge in [-0.15, -0.1) is 11.3 Å². The van der Waals surface area contributed by atoms with Crippen LogP contribution in [0.1, 0.15) is 39.2 Å². The summed E-state index contributed by atoms with van der Waals surface area (Å²) in [4.78, 5) is 17.0. The van der Waals surface area contributed by atoms with Gasteiger partial charge in [-0.1, -0.05) is 45.0 Å². The second-order valence-corrected chi connectivity index (χ2v) is 8.45. The van der Waals surface area contributed by atoms with Crippen LogP contribution in [0.2, 0.25) is 0 Å². The predicted molar refractivity (Wildman–Crippen MR) is 102 cm³/mol. The maximum Gasteiger partial charge on any atom is 0.246 e. The molecule has 1 aromatic heterocycles. The molecule has 1 amide bonds. The van der Waals surface area contributed by atoms with Crippen LogP contribution in [0.3, 0.4) is 0 Å². The number of benzene rings is 1. The molecule has 5 nitrogen and oxygen atoms in total. The predicted octanol–water partition coefficient (Wildman–Crippen LogP) is 3.55. The first-order chi connectivity index (χ1) is 11.8.